The molecular formula is C22H24FN3OS. The van der Waals surface area contributed by atoms with Crippen LogP contribution in [0.15, 0.2) is 29.1 Å². The third kappa shape index (κ3) is 3.51. The number of halogens is 1. The van der Waals surface area contributed by atoms with E-state index >= 15 is 0 Å². The normalized spacial score (nSPS) is 18.0. The summed E-state index contributed by atoms with van der Waals surface area (Å²) in [4.78, 5) is 25.1. The van der Waals surface area contributed by atoms with Crippen molar-refractivity contribution in [2.75, 3.05) is 13.1 Å². The maximum atomic E-state index is 13.1. The first-order valence-corrected chi connectivity index (χ1v) is 11.0. The van der Waals surface area contributed by atoms with Crippen LogP contribution in [0.4, 0.5) is 4.39 Å². The van der Waals surface area contributed by atoms with Gasteiger partial charge in [0.25, 0.3) is 5.56 Å². The number of nitrogens with one attached hydrogen (secondary N) is 1. The summed E-state index contributed by atoms with van der Waals surface area (Å²) < 4.78 is 13.1. The topological polar surface area (TPSA) is 49.0 Å². The second-order valence-electron chi connectivity index (χ2n) is 8.10. The molecule has 0 radical (unpaired) electrons. The average molecular weight is 398 g/mol. The second-order valence-corrected chi connectivity index (χ2v) is 9.18. The maximum Gasteiger partial charge on any atom is 0.259 e. The van der Waals surface area contributed by atoms with E-state index in [0.29, 0.717) is 12.5 Å². The number of likely N-dealkylation sites (tertiary alicyclic amines) is 1. The lowest BCUT2D eigenvalue weighted by Crippen LogP contribution is -2.34. The molecule has 0 atom stereocenters. The minimum Gasteiger partial charge on any atom is -0.309 e. The predicted octanol–water partition coefficient (Wildman–Crippen LogP) is 4.07. The number of thiophene rings is 1. The Kier molecular flexibility index (Phi) is 4.77. The summed E-state index contributed by atoms with van der Waals surface area (Å²) in [6.45, 7) is 2.72. The Morgan fingerprint density at radius 2 is 1.96 bits per heavy atom. The van der Waals surface area contributed by atoms with Gasteiger partial charge in [-0.15, -0.1) is 11.3 Å². The third-order valence-corrected chi connectivity index (χ3v) is 7.33. The van der Waals surface area contributed by atoms with Crippen LogP contribution >= 0.6 is 11.3 Å². The zero-order valence-electron chi connectivity index (χ0n) is 15.8. The molecule has 1 saturated heterocycles. The van der Waals surface area contributed by atoms with Gasteiger partial charge < -0.3 is 4.98 Å². The Labute approximate surface area is 167 Å². The number of fused-ring (bicyclic) bond motifs is 3. The van der Waals surface area contributed by atoms with E-state index in [-0.39, 0.29) is 11.4 Å². The van der Waals surface area contributed by atoms with Crippen LogP contribution in [0.2, 0.25) is 0 Å². The highest BCUT2D eigenvalue weighted by Crippen LogP contribution is 2.34. The summed E-state index contributed by atoms with van der Waals surface area (Å²) in [6, 6.07) is 6.88. The summed E-state index contributed by atoms with van der Waals surface area (Å²) in [5.41, 5.74) is 2.48. The van der Waals surface area contributed by atoms with Gasteiger partial charge in [-0.1, -0.05) is 12.1 Å². The van der Waals surface area contributed by atoms with Gasteiger partial charge in [-0.2, -0.15) is 0 Å². The van der Waals surface area contributed by atoms with Crippen molar-refractivity contribution in [2.24, 2.45) is 5.92 Å². The van der Waals surface area contributed by atoms with Crippen molar-refractivity contribution in [3.63, 3.8) is 0 Å². The van der Waals surface area contributed by atoms with Gasteiger partial charge in [0.2, 0.25) is 0 Å². The molecule has 1 aliphatic carbocycles. The van der Waals surface area contributed by atoms with E-state index in [1.165, 1.54) is 16.0 Å². The molecule has 1 N–H and O–H groups in total. The number of benzene rings is 1. The quantitative estimate of drug-likeness (QED) is 0.722. The number of aromatic nitrogens is 2. The fraction of sp³-hybridized carbons (Fsp3) is 0.455. The molecular weight excluding hydrogens is 373 g/mol. The predicted molar refractivity (Wildman–Crippen MR) is 110 cm³/mol. The molecule has 0 bridgehead atoms. The molecule has 4 nitrogen and oxygen atoms in total. The van der Waals surface area contributed by atoms with E-state index in [2.05, 4.69) is 9.88 Å². The van der Waals surface area contributed by atoms with Gasteiger partial charge in [0.05, 0.1) is 11.9 Å². The highest BCUT2D eigenvalue weighted by molar-refractivity contribution is 7.18. The molecule has 3 heterocycles. The number of hydrogen-bond acceptors (Lipinski definition) is 4. The molecule has 0 saturated carbocycles. The molecule has 1 aliphatic heterocycles. The number of H-pyrrole nitrogens is 1. The first-order chi connectivity index (χ1) is 13.7. The number of rotatable bonds is 4. The summed E-state index contributed by atoms with van der Waals surface area (Å²) >= 11 is 1.70. The molecule has 28 heavy (non-hydrogen) atoms. The molecule has 0 amide bonds. The van der Waals surface area contributed by atoms with Crippen molar-refractivity contribution >= 4 is 21.6 Å². The third-order valence-electron chi connectivity index (χ3n) is 6.14. The van der Waals surface area contributed by atoms with Crippen LogP contribution in [-0.4, -0.2) is 28.0 Å². The van der Waals surface area contributed by atoms with E-state index in [4.69, 9.17) is 4.98 Å². The smallest absolute Gasteiger partial charge is 0.259 e. The first kappa shape index (κ1) is 18.0. The molecule has 1 fully saturated rings. The molecule has 0 spiro atoms. The average Bonchev–Trinajstić information content (AvgIpc) is 3.26. The van der Waals surface area contributed by atoms with Gasteiger partial charge in [0.1, 0.15) is 16.5 Å². The zero-order chi connectivity index (χ0) is 19.1. The maximum absolute atomic E-state index is 13.1. The highest BCUT2D eigenvalue weighted by atomic mass is 32.1. The fourth-order valence-corrected chi connectivity index (χ4v) is 5.92. The van der Waals surface area contributed by atoms with Crippen LogP contribution in [0.3, 0.4) is 0 Å². The summed E-state index contributed by atoms with van der Waals surface area (Å²) in [5.74, 6) is 1.25. The molecule has 1 aromatic carbocycles. The van der Waals surface area contributed by atoms with Crippen LogP contribution in [-0.2, 0) is 25.8 Å². The number of aromatic amines is 1. The minimum absolute atomic E-state index is 0.0330. The molecule has 2 aliphatic rings. The van der Waals surface area contributed by atoms with E-state index in [1.54, 1.807) is 23.5 Å². The molecule has 146 valence electrons. The van der Waals surface area contributed by atoms with Crippen LogP contribution in [0.1, 0.15) is 41.1 Å². The van der Waals surface area contributed by atoms with Crippen molar-refractivity contribution in [3.8, 4) is 0 Å². The number of nitrogens with zero attached hydrogens (tertiary/aromatic N) is 2. The molecule has 2 aromatic heterocycles. The number of hydrogen-bond donors (Lipinski definition) is 1. The summed E-state index contributed by atoms with van der Waals surface area (Å²) in [7, 11) is 0. The Morgan fingerprint density at radius 3 is 2.75 bits per heavy atom. The van der Waals surface area contributed by atoms with Crippen LogP contribution in [0.25, 0.3) is 10.2 Å². The van der Waals surface area contributed by atoms with Gasteiger partial charge in [0, 0.05) is 4.88 Å². The Morgan fingerprint density at radius 1 is 1.18 bits per heavy atom. The van der Waals surface area contributed by atoms with Crippen molar-refractivity contribution in [1.82, 2.24) is 14.9 Å². The van der Waals surface area contributed by atoms with Gasteiger partial charge in [-0.3, -0.25) is 9.69 Å². The molecule has 6 heteroatoms. The number of piperidine rings is 1. The first-order valence-electron chi connectivity index (χ1n) is 10.2. The lowest BCUT2D eigenvalue weighted by Gasteiger charge is -2.31. The standard InChI is InChI=1S/C22H24FN3OS/c23-16-6-4-14(5-7-16)12-15-8-10-26(11-9-15)13-19-24-21(27)20-17-2-1-3-18(17)28-22(20)25-19/h4-7,15H,1-3,8-13H2,(H,24,25,27). The van der Waals surface area contributed by atoms with Gasteiger partial charge in [-0.25, -0.2) is 9.37 Å². The summed E-state index contributed by atoms with van der Waals surface area (Å²) in [6.07, 6.45) is 6.52. The van der Waals surface area contributed by atoms with Crippen molar-refractivity contribution < 1.29 is 4.39 Å². The highest BCUT2D eigenvalue weighted by Gasteiger charge is 2.23. The van der Waals surface area contributed by atoms with E-state index in [9.17, 15) is 9.18 Å². The Hall–Kier alpha value is -2.05. The van der Waals surface area contributed by atoms with Crippen LogP contribution < -0.4 is 5.56 Å². The van der Waals surface area contributed by atoms with Crippen molar-refractivity contribution in [2.45, 2.75) is 45.1 Å². The molecule has 3 aromatic rings. The largest absolute Gasteiger partial charge is 0.309 e. The second kappa shape index (κ2) is 7.41. The number of aryl methyl sites for hydroxylation is 2. The van der Waals surface area contributed by atoms with E-state index in [1.807, 2.05) is 12.1 Å². The van der Waals surface area contributed by atoms with Gasteiger partial charge >= 0.3 is 0 Å². The monoisotopic (exact) mass is 397 g/mol. The fourth-order valence-electron chi connectivity index (χ4n) is 4.64. The Bertz CT molecular complexity index is 1050. The molecule has 5 rings (SSSR count). The van der Waals surface area contributed by atoms with Crippen LogP contribution in [0, 0.1) is 11.7 Å². The van der Waals surface area contributed by atoms with Crippen LogP contribution in [0.5, 0.6) is 0 Å². The van der Waals surface area contributed by atoms with E-state index < -0.39 is 0 Å². The van der Waals surface area contributed by atoms with Crippen molar-refractivity contribution in [1.29, 1.82) is 0 Å². The van der Waals surface area contributed by atoms with Gasteiger partial charge in [0.15, 0.2) is 0 Å². The van der Waals surface area contributed by atoms with E-state index in [0.717, 1.165) is 67.7 Å². The minimum atomic E-state index is -0.173. The lowest BCUT2D eigenvalue weighted by atomic mass is 9.90. The Balaban J connectivity index is 1.23. The molecule has 0 unspecified atom stereocenters. The van der Waals surface area contributed by atoms with Crippen molar-refractivity contribution in [3.05, 3.63) is 62.3 Å². The van der Waals surface area contributed by atoms with Gasteiger partial charge in [-0.05, 0) is 80.8 Å². The summed E-state index contributed by atoms with van der Waals surface area (Å²) in [5, 5.41) is 0.833. The SMILES string of the molecule is O=c1[nH]c(CN2CCC(Cc3ccc(F)cc3)CC2)nc2sc3c(c12)CCC3. The lowest BCUT2D eigenvalue weighted by molar-refractivity contribution is 0.173. The zero-order valence-corrected chi connectivity index (χ0v) is 16.7.